The predicted molar refractivity (Wildman–Crippen MR) is 129 cm³/mol. The molecule has 1 aliphatic rings. The molecule has 0 aliphatic carbocycles. The Morgan fingerprint density at radius 2 is 2.03 bits per heavy atom. The molecule has 4 rings (SSSR count). The SMILES string of the molecule is Cc1nn(C2CCS(=O)(=O)C2)c(C)c1CN(C)C(=O)c1cccc(NC(=O)c2cccs2)c1. The molecule has 3 heterocycles. The van der Waals surface area contributed by atoms with E-state index < -0.39 is 9.84 Å². The maximum atomic E-state index is 13.1. The van der Waals surface area contributed by atoms with E-state index >= 15 is 0 Å². The van der Waals surface area contributed by atoms with Gasteiger partial charge in [-0.05, 0) is 49.9 Å². The van der Waals surface area contributed by atoms with Crippen LogP contribution in [-0.2, 0) is 16.4 Å². The molecule has 33 heavy (non-hydrogen) atoms. The summed E-state index contributed by atoms with van der Waals surface area (Å²) in [5.74, 6) is -0.108. The van der Waals surface area contributed by atoms with Gasteiger partial charge in [0.2, 0.25) is 0 Å². The maximum Gasteiger partial charge on any atom is 0.265 e. The van der Waals surface area contributed by atoms with Gasteiger partial charge in [0, 0.05) is 36.1 Å². The number of aryl methyl sites for hydroxylation is 1. The van der Waals surface area contributed by atoms with E-state index in [1.54, 1.807) is 47.0 Å². The summed E-state index contributed by atoms with van der Waals surface area (Å²) in [6.45, 7) is 4.14. The van der Waals surface area contributed by atoms with E-state index in [1.807, 2.05) is 25.3 Å². The first kappa shape index (κ1) is 23.2. The summed E-state index contributed by atoms with van der Waals surface area (Å²) in [6, 6.07) is 10.3. The third-order valence-corrected chi connectivity index (χ3v) is 8.50. The first-order valence-corrected chi connectivity index (χ1v) is 13.3. The van der Waals surface area contributed by atoms with Gasteiger partial charge in [-0.2, -0.15) is 5.10 Å². The van der Waals surface area contributed by atoms with Crippen LogP contribution >= 0.6 is 11.3 Å². The largest absolute Gasteiger partial charge is 0.337 e. The molecule has 8 nitrogen and oxygen atoms in total. The quantitative estimate of drug-likeness (QED) is 0.575. The molecule has 1 N–H and O–H groups in total. The van der Waals surface area contributed by atoms with E-state index in [1.165, 1.54) is 11.3 Å². The summed E-state index contributed by atoms with van der Waals surface area (Å²) in [5, 5.41) is 9.24. The molecule has 1 aromatic carbocycles. The number of carbonyl (C=O) groups excluding carboxylic acids is 2. The van der Waals surface area contributed by atoms with Gasteiger partial charge in [0.25, 0.3) is 11.8 Å². The molecule has 2 amide bonds. The molecule has 0 bridgehead atoms. The van der Waals surface area contributed by atoms with Crippen LogP contribution in [0.25, 0.3) is 0 Å². The Morgan fingerprint density at radius 3 is 2.70 bits per heavy atom. The summed E-state index contributed by atoms with van der Waals surface area (Å²) < 4.78 is 25.6. The lowest BCUT2D eigenvalue weighted by Gasteiger charge is -2.19. The normalized spacial score (nSPS) is 17.1. The Bertz CT molecular complexity index is 1300. The second kappa shape index (κ2) is 9.11. The van der Waals surface area contributed by atoms with Gasteiger partial charge < -0.3 is 10.2 Å². The zero-order valence-electron chi connectivity index (χ0n) is 18.7. The number of thiophene rings is 1. The predicted octanol–water partition coefficient (Wildman–Crippen LogP) is 3.45. The highest BCUT2D eigenvalue weighted by atomic mass is 32.2. The van der Waals surface area contributed by atoms with E-state index in [4.69, 9.17) is 0 Å². The molecule has 1 aliphatic heterocycles. The lowest BCUT2D eigenvalue weighted by atomic mass is 10.1. The van der Waals surface area contributed by atoms with Crippen molar-refractivity contribution in [2.75, 3.05) is 23.9 Å². The van der Waals surface area contributed by atoms with Gasteiger partial charge in [0.05, 0.1) is 28.1 Å². The van der Waals surface area contributed by atoms with Crippen LogP contribution in [0.2, 0.25) is 0 Å². The van der Waals surface area contributed by atoms with Crippen molar-refractivity contribution in [2.24, 2.45) is 0 Å². The van der Waals surface area contributed by atoms with Crippen molar-refractivity contribution in [3.05, 3.63) is 69.2 Å². The Hall–Kier alpha value is -2.98. The first-order valence-electron chi connectivity index (χ1n) is 10.6. The molecule has 3 aromatic rings. The van der Waals surface area contributed by atoms with Gasteiger partial charge in [-0.1, -0.05) is 12.1 Å². The zero-order chi connectivity index (χ0) is 23.8. The first-order chi connectivity index (χ1) is 15.6. The molecular weight excluding hydrogens is 460 g/mol. The average Bonchev–Trinajstić information content (AvgIpc) is 3.49. The molecule has 0 spiro atoms. The van der Waals surface area contributed by atoms with Gasteiger partial charge in [-0.15, -0.1) is 11.3 Å². The molecule has 1 atom stereocenters. The van der Waals surface area contributed by atoms with Gasteiger partial charge >= 0.3 is 0 Å². The van der Waals surface area contributed by atoms with Crippen molar-refractivity contribution >= 4 is 38.7 Å². The van der Waals surface area contributed by atoms with E-state index in [9.17, 15) is 18.0 Å². The number of amides is 2. The second-order valence-corrected chi connectivity index (χ2v) is 11.5. The average molecular weight is 487 g/mol. The standard InChI is InChI=1S/C23H26N4O4S2/c1-15-20(16(2)27(25-15)19-9-11-33(30,31)14-19)13-26(3)23(29)17-6-4-7-18(12-17)24-22(28)21-8-5-10-32-21/h4-8,10,12,19H,9,11,13-14H2,1-3H3,(H,24,28). The highest BCUT2D eigenvalue weighted by Crippen LogP contribution is 2.27. The number of hydrogen-bond donors (Lipinski definition) is 1. The summed E-state index contributed by atoms with van der Waals surface area (Å²) in [6.07, 6.45) is 0.558. The monoisotopic (exact) mass is 486 g/mol. The third-order valence-electron chi connectivity index (χ3n) is 5.88. The molecule has 10 heteroatoms. The lowest BCUT2D eigenvalue weighted by molar-refractivity contribution is 0.0784. The van der Waals surface area contributed by atoms with Crippen molar-refractivity contribution < 1.29 is 18.0 Å². The number of rotatable bonds is 6. The van der Waals surface area contributed by atoms with Crippen molar-refractivity contribution in [1.29, 1.82) is 0 Å². The Kier molecular flexibility index (Phi) is 6.40. The van der Waals surface area contributed by atoms with Crippen molar-refractivity contribution in [3.63, 3.8) is 0 Å². The van der Waals surface area contributed by atoms with Crippen LogP contribution in [0.15, 0.2) is 41.8 Å². The molecule has 0 saturated carbocycles. The molecule has 174 valence electrons. The molecule has 1 fully saturated rings. The van der Waals surface area contributed by atoms with E-state index in [0.717, 1.165) is 17.0 Å². The minimum Gasteiger partial charge on any atom is -0.337 e. The maximum absolute atomic E-state index is 13.1. The minimum atomic E-state index is -3.02. The number of nitrogens with one attached hydrogen (secondary N) is 1. The van der Waals surface area contributed by atoms with Crippen molar-refractivity contribution in [3.8, 4) is 0 Å². The zero-order valence-corrected chi connectivity index (χ0v) is 20.4. The minimum absolute atomic E-state index is 0.104. The van der Waals surface area contributed by atoms with Crippen LogP contribution in [0.5, 0.6) is 0 Å². The fourth-order valence-electron chi connectivity index (χ4n) is 4.11. The Morgan fingerprint density at radius 1 is 1.24 bits per heavy atom. The molecule has 1 saturated heterocycles. The summed E-state index contributed by atoms with van der Waals surface area (Å²) in [7, 11) is -1.30. The van der Waals surface area contributed by atoms with Crippen LogP contribution in [0.1, 0.15) is 49.4 Å². The number of hydrogen-bond acceptors (Lipinski definition) is 6. The highest BCUT2D eigenvalue weighted by Gasteiger charge is 2.31. The summed E-state index contributed by atoms with van der Waals surface area (Å²) in [4.78, 5) is 27.6. The van der Waals surface area contributed by atoms with Crippen LogP contribution in [0, 0.1) is 13.8 Å². The Labute approximate surface area is 197 Å². The van der Waals surface area contributed by atoms with Gasteiger partial charge in [0.15, 0.2) is 9.84 Å². The number of anilines is 1. The second-order valence-electron chi connectivity index (χ2n) is 8.32. The van der Waals surface area contributed by atoms with Crippen molar-refractivity contribution in [2.45, 2.75) is 32.9 Å². The Balaban J connectivity index is 1.48. The topological polar surface area (TPSA) is 101 Å². The molecule has 0 radical (unpaired) electrons. The lowest BCUT2D eigenvalue weighted by Crippen LogP contribution is -2.27. The van der Waals surface area contributed by atoms with Gasteiger partial charge in [0.1, 0.15) is 0 Å². The van der Waals surface area contributed by atoms with Crippen LogP contribution in [0.3, 0.4) is 0 Å². The van der Waals surface area contributed by atoms with E-state index in [0.29, 0.717) is 29.1 Å². The third kappa shape index (κ3) is 5.01. The van der Waals surface area contributed by atoms with Crippen LogP contribution in [0.4, 0.5) is 5.69 Å². The van der Waals surface area contributed by atoms with E-state index in [-0.39, 0.29) is 29.4 Å². The number of aromatic nitrogens is 2. The number of sulfone groups is 1. The fraction of sp³-hybridized carbons (Fsp3) is 0.348. The van der Waals surface area contributed by atoms with E-state index in [2.05, 4.69) is 10.4 Å². The smallest absolute Gasteiger partial charge is 0.265 e. The van der Waals surface area contributed by atoms with Crippen LogP contribution < -0.4 is 5.32 Å². The highest BCUT2D eigenvalue weighted by molar-refractivity contribution is 7.91. The summed E-state index contributed by atoms with van der Waals surface area (Å²) >= 11 is 1.35. The van der Waals surface area contributed by atoms with Crippen molar-refractivity contribution in [1.82, 2.24) is 14.7 Å². The fourth-order valence-corrected chi connectivity index (χ4v) is 6.42. The van der Waals surface area contributed by atoms with Gasteiger partial charge in [-0.25, -0.2) is 8.42 Å². The van der Waals surface area contributed by atoms with Gasteiger partial charge in [-0.3, -0.25) is 14.3 Å². The molecule has 1 unspecified atom stereocenters. The number of nitrogens with zero attached hydrogens (tertiary/aromatic N) is 3. The molecule has 2 aromatic heterocycles. The molecular formula is C23H26N4O4S2. The number of carbonyl (C=O) groups is 2. The number of benzene rings is 1. The summed E-state index contributed by atoms with van der Waals surface area (Å²) in [5.41, 5.74) is 3.60. The van der Waals surface area contributed by atoms with Crippen LogP contribution in [-0.4, -0.2) is 53.5 Å².